The lowest BCUT2D eigenvalue weighted by atomic mass is 9.79. The third-order valence-corrected chi connectivity index (χ3v) is 4.54. The molecule has 0 bridgehead atoms. The molecule has 2 aliphatic rings. The average molecular weight is 224 g/mol. The number of nitrogens with one attached hydrogen (secondary N) is 1. The summed E-state index contributed by atoms with van der Waals surface area (Å²) in [7, 11) is 0. The lowest BCUT2D eigenvalue weighted by Gasteiger charge is -2.32. The quantitative estimate of drug-likeness (QED) is 0.727. The first kappa shape index (κ1) is 12.4. The largest absolute Gasteiger partial charge is 0.329 e. The molecule has 0 aromatic rings. The fourth-order valence-electron chi connectivity index (χ4n) is 3.01. The van der Waals surface area contributed by atoms with Crippen LogP contribution in [0.2, 0.25) is 0 Å². The summed E-state index contributed by atoms with van der Waals surface area (Å²) in [6.45, 7) is 4.40. The second-order valence-corrected chi connectivity index (χ2v) is 6.05. The van der Waals surface area contributed by atoms with E-state index >= 15 is 0 Å². The Morgan fingerprint density at radius 2 is 1.81 bits per heavy atom. The molecule has 1 atom stereocenters. The molecule has 2 fully saturated rings. The summed E-state index contributed by atoms with van der Waals surface area (Å²) in [5.41, 5.74) is 5.91. The Hall–Kier alpha value is -0.0800. The van der Waals surface area contributed by atoms with Crippen LogP contribution in [0, 0.1) is 17.8 Å². The van der Waals surface area contributed by atoms with Gasteiger partial charge in [-0.3, -0.25) is 0 Å². The van der Waals surface area contributed by atoms with Crippen LogP contribution in [0.3, 0.4) is 0 Å². The van der Waals surface area contributed by atoms with E-state index in [0.717, 1.165) is 24.3 Å². The second-order valence-electron chi connectivity index (χ2n) is 6.05. The van der Waals surface area contributed by atoms with E-state index in [4.69, 9.17) is 5.73 Å². The van der Waals surface area contributed by atoms with Crippen LogP contribution in [-0.4, -0.2) is 19.1 Å². The first-order chi connectivity index (χ1) is 7.79. The highest BCUT2D eigenvalue weighted by molar-refractivity contribution is 4.83. The molecule has 2 heteroatoms. The average Bonchev–Trinajstić information content (AvgIpc) is 3.10. The van der Waals surface area contributed by atoms with Crippen molar-refractivity contribution in [3.05, 3.63) is 0 Å². The van der Waals surface area contributed by atoms with Crippen LogP contribution in [0.4, 0.5) is 0 Å². The summed E-state index contributed by atoms with van der Waals surface area (Å²) in [6.07, 6.45) is 9.90. The van der Waals surface area contributed by atoms with Crippen LogP contribution in [0.1, 0.15) is 51.9 Å². The highest BCUT2D eigenvalue weighted by Gasteiger charge is 2.26. The van der Waals surface area contributed by atoms with Gasteiger partial charge in [-0.25, -0.2) is 0 Å². The van der Waals surface area contributed by atoms with E-state index in [1.165, 1.54) is 51.5 Å². The van der Waals surface area contributed by atoms with Gasteiger partial charge in [0.05, 0.1) is 0 Å². The minimum atomic E-state index is 0.589. The molecular formula is C14H28N2. The van der Waals surface area contributed by atoms with Crippen LogP contribution >= 0.6 is 0 Å². The van der Waals surface area contributed by atoms with E-state index in [1.807, 2.05) is 0 Å². The SMILES string of the molecule is CC1CCC(C(CN)NCCC2CC2)CC1. The number of hydrogen-bond acceptors (Lipinski definition) is 2. The minimum absolute atomic E-state index is 0.589. The van der Waals surface area contributed by atoms with Crippen molar-refractivity contribution >= 4 is 0 Å². The molecule has 2 saturated carbocycles. The van der Waals surface area contributed by atoms with Crippen LogP contribution < -0.4 is 11.1 Å². The van der Waals surface area contributed by atoms with E-state index < -0.39 is 0 Å². The predicted molar refractivity (Wildman–Crippen MR) is 69.3 cm³/mol. The van der Waals surface area contributed by atoms with E-state index in [1.54, 1.807) is 0 Å². The van der Waals surface area contributed by atoms with Gasteiger partial charge in [0.15, 0.2) is 0 Å². The van der Waals surface area contributed by atoms with E-state index in [9.17, 15) is 0 Å². The maximum atomic E-state index is 5.91. The molecule has 2 aliphatic carbocycles. The van der Waals surface area contributed by atoms with Gasteiger partial charge in [-0.2, -0.15) is 0 Å². The van der Waals surface area contributed by atoms with Crippen molar-refractivity contribution in [2.24, 2.45) is 23.5 Å². The van der Waals surface area contributed by atoms with Crippen molar-refractivity contribution in [3.8, 4) is 0 Å². The lowest BCUT2D eigenvalue weighted by Crippen LogP contribution is -2.43. The summed E-state index contributed by atoms with van der Waals surface area (Å²) >= 11 is 0. The Balaban J connectivity index is 1.66. The van der Waals surface area contributed by atoms with Crippen molar-refractivity contribution in [2.45, 2.75) is 57.9 Å². The van der Waals surface area contributed by atoms with Crippen LogP contribution in [-0.2, 0) is 0 Å². The molecule has 0 saturated heterocycles. The summed E-state index contributed by atoms with van der Waals surface area (Å²) in [5.74, 6) is 2.83. The number of nitrogens with two attached hydrogens (primary N) is 1. The minimum Gasteiger partial charge on any atom is -0.329 e. The van der Waals surface area contributed by atoms with Gasteiger partial charge in [-0.15, -0.1) is 0 Å². The Bertz CT molecular complexity index is 193. The Morgan fingerprint density at radius 3 is 2.38 bits per heavy atom. The van der Waals surface area contributed by atoms with Crippen molar-refractivity contribution in [1.82, 2.24) is 5.32 Å². The highest BCUT2D eigenvalue weighted by atomic mass is 14.9. The van der Waals surface area contributed by atoms with Gasteiger partial charge in [0.25, 0.3) is 0 Å². The van der Waals surface area contributed by atoms with E-state index in [-0.39, 0.29) is 0 Å². The zero-order valence-electron chi connectivity index (χ0n) is 10.8. The first-order valence-corrected chi connectivity index (χ1v) is 7.23. The summed E-state index contributed by atoms with van der Waals surface area (Å²) < 4.78 is 0. The van der Waals surface area contributed by atoms with E-state index in [2.05, 4.69) is 12.2 Å². The molecule has 16 heavy (non-hydrogen) atoms. The lowest BCUT2D eigenvalue weighted by molar-refractivity contribution is 0.232. The molecule has 3 N–H and O–H groups in total. The summed E-state index contributed by atoms with van der Waals surface area (Å²) in [5, 5.41) is 3.70. The molecule has 0 aromatic heterocycles. The standard InChI is InChI=1S/C14H28N2/c1-11-2-6-13(7-3-11)14(10-15)16-9-8-12-4-5-12/h11-14,16H,2-10,15H2,1H3. The summed E-state index contributed by atoms with van der Waals surface area (Å²) in [6, 6.07) is 0.589. The first-order valence-electron chi connectivity index (χ1n) is 7.23. The van der Waals surface area contributed by atoms with Crippen molar-refractivity contribution in [2.75, 3.05) is 13.1 Å². The highest BCUT2D eigenvalue weighted by Crippen LogP contribution is 2.32. The van der Waals surface area contributed by atoms with E-state index in [0.29, 0.717) is 6.04 Å². The van der Waals surface area contributed by atoms with Gasteiger partial charge in [-0.05, 0) is 43.6 Å². The third-order valence-electron chi connectivity index (χ3n) is 4.54. The molecule has 2 nitrogen and oxygen atoms in total. The monoisotopic (exact) mass is 224 g/mol. The molecule has 0 heterocycles. The molecule has 0 aliphatic heterocycles. The van der Waals surface area contributed by atoms with Crippen molar-refractivity contribution in [3.63, 3.8) is 0 Å². The molecule has 94 valence electrons. The smallest absolute Gasteiger partial charge is 0.0218 e. The van der Waals surface area contributed by atoms with Gasteiger partial charge in [0.2, 0.25) is 0 Å². The fraction of sp³-hybridized carbons (Fsp3) is 1.00. The maximum Gasteiger partial charge on any atom is 0.0218 e. The van der Waals surface area contributed by atoms with Crippen molar-refractivity contribution < 1.29 is 0 Å². The molecule has 2 rings (SSSR count). The molecule has 0 aromatic carbocycles. The zero-order valence-corrected chi connectivity index (χ0v) is 10.8. The topological polar surface area (TPSA) is 38.0 Å². The fourth-order valence-corrected chi connectivity index (χ4v) is 3.01. The predicted octanol–water partition coefficient (Wildman–Crippen LogP) is 2.53. The van der Waals surface area contributed by atoms with Gasteiger partial charge in [-0.1, -0.05) is 32.6 Å². The van der Waals surface area contributed by atoms with Gasteiger partial charge in [0, 0.05) is 12.6 Å². The molecular weight excluding hydrogens is 196 g/mol. The van der Waals surface area contributed by atoms with Crippen molar-refractivity contribution in [1.29, 1.82) is 0 Å². The Kier molecular flexibility index (Phi) is 4.66. The normalized spacial score (nSPS) is 32.6. The van der Waals surface area contributed by atoms with Gasteiger partial charge < -0.3 is 11.1 Å². The molecule has 0 spiro atoms. The molecule has 0 amide bonds. The van der Waals surface area contributed by atoms with Gasteiger partial charge in [0.1, 0.15) is 0 Å². The number of rotatable bonds is 6. The van der Waals surface area contributed by atoms with Crippen LogP contribution in [0.25, 0.3) is 0 Å². The van der Waals surface area contributed by atoms with Crippen LogP contribution in [0.15, 0.2) is 0 Å². The summed E-state index contributed by atoms with van der Waals surface area (Å²) in [4.78, 5) is 0. The number of hydrogen-bond donors (Lipinski definition) is 2. The molecule has 0 radical (unpaired) electrons. The second kappa shape index (κ2) is 6.02. The van der Waals surface area contributed by atoms with Crippen LogP contribution in [0.5, 0.6) is 0 Å². The zero-order chi connectivity index (χ0) is 11.4. The van der Waals surface area contributed by atoms with Gasteiger partial charge >= 0.3 is 0 Å². The Labute approximate surface area is 100 Å². The maximum absolute atomic E-state index is 5.91. The molecule has 1 unspecified atom stereocenters. The third kappa shape index (κ3) is 3.74. The Morgan fingerprint density at radius 1 is 1.12 bits per heavy atom.